The van der Waals surface area contributed by atoms with Crippen molar-refractivity contribution >= 4 is 21.6 Å². The predicted molar refractivity (Wildman–Crippen MR) is 121 cm³/mol. The summed E-state index contributed by atoms with van der Waals surface area (Å²) in [7, 11) is 1.65. The number of ether oxygens (including phenoxy) is 4. The number of hydrogen-bond acceptors (Lipinski definition) is 5. The van der Waals surface area contributed by atoms with Gasteiger partial charge in [0.15, 0.2) is 23.0 Å². The van der Waals surface area contributed by atoms with Gasteiger partial charge in [0.25, 0.3) is 0 Å². The van der Waals surface area contributed by atoms with Gasteiger partial charge < -0.3 is 24.3 Å². The molecule has 30 heavy (non-hydrogen) atoms. The van der Waals surface area contributed by atoms with Crippen molar-refractivity contribution in [2.45, 2.75) is 20.1 Å². The number of methoxy groups -OCH3 is 1. The van der Waals surface area contributed by atoms with E-state index < -0.39 is 0 Å². The van der Waals surface area contributed by atoms with E-state index in [2.05, 4.69) is 46.4 Å². The van der Waals surface area contributed by atoms with Gasteiger partial charge in [0, 0.05) is 22.8 Å². The van der Waals surface area contributed by atoms with E-state index in [1.165, 1.54) is 5.56 Å². The molecule has 0 aromatic heterocycles. The molecule has 0 unspecified atom stereocenters. The van der Waals surface area contributed by atoms with Crippen LogP contribution in [-0.4, -0.2) is 20.3 Å². The molecule has 3 aromatic rings. The smallest absolute Gasteiger partial charge is 0.163 e. The van der Waals surface area contributed by atoms with E-state index in [0.29, 0.717) is 37.9 Å². The SMILES string of the molecule is COc1cc(CNc2ccc3c(c2)OCCO3)c(Br)cc1OCc1cccc(C)c1. The van der Waals surface area contributed by atoms with Crippen LogP contribution in [0.2, 0.25) is 0 Å². The van der Waals surface area contributed by atoms with E-state index in [1.54, 1.807) is 7.11 Å². The molecule has 4 rings (SSSR count). The van der Waals surface area contributed by atoms with Crippen molar-refractivity contribution in [1.29, 1.82) is 0 Å². The van der Waals surface area contributed by atoms with Crippen LogP contribution < -0.4 is 24.3 Å². The van der Waals surface area contributed by atoms with Crippen LogP contribution in [0.15, 0.2) is 59.1 Å². The maximum Gasteiger partial charge on any atom is 0.163 e. The standard InChI is InChI=1S/C24H24BrNO4/c1-16-4-3-5-17(10-16)15-30-24-13-20(25)18(11-22(24)27-2)14-26-19-6-7-21-23(12-19)29-9-8-28-21/h3-7,10-13,26H,8-9,14-15H2,1-2H3. The largest absolute Gasteiger partial charge is 0.493 e. The van der Waals surface area contributed by atoms with E-state index in [9.17, 15) is 0 Å². The topological polar surface area (TPSA) is 49.0 Å². The maximum atomic E-state index is 6.02. The van der Waals surface area contributed by atoms with Gasteiger partial charge >= 0.3 is 0 Å². The monoisotopic (exact) mass is 469 g/mol. The first-order valence-corrected chi connectivity index (χ1v) is 10.6. The highest BCUT2D eigenvalue weighted by molar-refractivity contribution is 9.10. The minimum atomic E-state index is 0.485. The number of halogens is 1. The summed E-state index contributed by atoms with van der Waals surface area (Å²) in [6, 6.07) is 18.1. The molecule has 0 amide bonds. The molecule has 156 valence electrons. The van der Waals surface area contributed by atoms with E-state index in [4.69, 9.17) is 18.9 Å². The average Bonchev–Trinajstić information content (AvgIpc) is 2.77. The van der Waals surface area contributed by atoms with Crippen molar-refractivity contribution in [3.8, 4) is 23.0 Å². The molecule has 1 aliphatic heterocycles. The Morgan fingerprint density at radius 3 is 2.60 bits per heavy atom. The summed E-state index contributed by atoms with van der Waals surface area (Å²) >= 11 is 3.66. The van der Waals surface area contributed by atoms with Crippen LogP contribution in [0.5, 0.6) is 23.0 Å². The van der Waals surface area contributed by atoms with Crippen molar-refractivity contribution in [2.24, 2.45) is 0 Å². The van der Waals surface area contributed by atoms with Crippen molar-refractivity contribution in [2.75, 3.05) is 25.6 Å². The number of fused-ring (bicyclic) bond motifs is 1. The van der Waals surface area contributed by atoms with E-state index in [0.717, 1.165) is 32.8 Å². The Hall–Kier alpha value is -2.86. The van der Waals surface area contributed by atoms with E-state index in [1.807, 2.05) is 36.4 Å². The Morgan fingerprint density at radius 2 is 1.80 bits per heavy atom. The van der Waals surface area contributed by atoms with Crippen molar-refractivity contribution in [1.82, 2.24) is 0 Å². The highest BCUT2D eigenvalue weighted by Crippen LogP contribution is 2.36. The molecule has 6 heteroatoms. The van der Waals surface area contributed by atoms with Gasteiger partial charge in [-0.3, -0.25) is 0 Å². The van der Waals surface area contributed by atoms with Crippen LogP contribution in [0, 0.1) is 6.92 Å². The first-order chi connectivity index (χ1) is 14.6. The second-order valence-corrected chi connectivity index (χ2v) is 7.94. The fourth-order valence-electron chi connectivity index (χ4n) is 3.30. The summed E-state index contributed by atoms with van der Waals surface area (Å²) in [6.45, 7) is 4.34. The lowest BCUT2D eigenvalue weighted by atomic mass is 10.1. The van der Waals surface area contributed by atoms with Crippen LogP contribution >= 0.6 is 15.9 Å². The zero-order valence-electron chi connectivity index (χ0n) is 17.0. The van der Waals surface area contributed by atoms with Gasteiger partial charge in [-0.15, -0.1) is 0 Å². The molecular formula is C24H24BrNO4. The van der Waals surface area contributed by atoms with Crippen LogP contribution in [0.25, 0.3) is 0 Å². The highest BCUT2D eigenvalue weighted by Gasteiger charge is 2.13. The quantitative estimate of drug-likeness (QED) is 0.478. The third kappa shape index (κ3) is 4.82. The predicted octanol–water partition coefficient (Wildman–Crippen LogP) is 5.73. The average molecular weight is 470 g/mol. The lowest BCUT2D eigenvalue weighted by Gasteiger charge is -2.19. The van der Waals surface area contributed by atoms with Gasteiger partial charge in [-0.05, 0) is 42.3 Å². The Bertz CT molecular complexity index is 1040. The first kappa shape index (κ1) is 20.4. The Labute approximate surface area is 185 Å². The van der Waals surface area contributed by atoms with E-state index in [-0.39, 0.29) is 0 Å². The Kier molecular flexibility index (Phi) is 6.33. The number of nitrogens with one attached hydrogen (secondary N) is 1. The molecule has 0 radical (unpaired) electrons. The molecule has 0 atom stereocenters. The van der Waals surface area contributed by atoms with Gasteiger partial charge in [-0.1, -0.05) is 45.8 Å². The van der Waals surface area contributed by atoms with Crippen LogP contribution in [0.1, 0.15) is 16.7 Å². The molecule has 5 nitrogen and oxygen atoms in total. The summed E-state index contributed by atoms with van der Waals surface area (Å²) in [6.07, 6.45) is 0. The highest BCUT2D eigenvalue weighted by atomic mass is 79.9. The summed E-state index contributed by atoms with van der Waals surface area (Å²) in [5, 5.41) is 3.42. The second kappa shape index (κ2) is 9.30. The maximum absolute atomic E-state index is 6.02. The summed E-state index contributed by atoms with van der Waals surface area (Å²) in [4.78, 5) is 0. The Morgan fingerprint density at radius 1 is 0.967 bits per heavy atom. The summed E-state index contributed by atoms with van der Waals surface area (Å²) in [5.74, 6) is 2.95. The number of hydrogen-bond donors (Lipinski definition) is 1. The second-order valence-electron chi connectivity index (χ2n) is 7.08. The molecule has 0 saturated heterocycles. The third-order valence-electron chi connectivity index (χ3n) is 4.83. The van der Waals surface area contributed by atoms with Gasteiger partial charge in [0.2, 0.25) is 0 Å². The molecule has 0 saturated carbocycles. The molecule has 1 N–H and O–H groups in total. The van der Waals surface area contributed by atoms with Crippen LogP contribution in [-0.2, 0) is 13.2 Å². The van der Waals surface area contributed by atoms with Crippen LogP contribution in [0.4, 0.5) is 5.69 Å². The van der Waals surface area contributed by atoms with E-state index >= 15 is 0 Å². The molecule has 0 bridgehead atoms. The van der Waals surface area contributed by atoms with Gasteiger partial charge in [0.05, 0.1) is 7.11 Å². The minimum absolute atomic E-state index is 0.485. The van der Waals surface area contributed by atoms with Crippen LogP contribution in [0.3, 0.4) is 0 Å². The zero-order valence-corrected chi connectivity index (χ0v) is 18.6. The fraction of sp³-hybridized carbons (Fsp3) is 0.250. The molecule has 3 aromatic carbocycles. The molecule has 1 aliphatic rings. The van der Waals surface area contributed by atoms with Crippen molar-refractivity contribution in [3.05, 3.63) is 75.8 Å². The molecule has 0 fully saturated rings. The summed E-state index contributed by atoms with van der Waals surface area (Å²) < 4.78 is 23.8. The fourth-order valence-corrected chi connectivity index (χ4v) is 3.76. The summed E-state index contributed by atoms with van der Waals surface area (Å²) in [5.41, 5.74) is 4.36. The lowest BCUT2D eigenvalue weighted by Crippen LogP contribution is -2.15. The number of anilines is 1. The van der Waals surface area contributed by atoms with Gasteiger partial charge in [0.1, 0.15) is 19.8 Å². The van der Waals surface area contributed by atoms with Gasteiger partial charge in [-0.25, -0.2) is 0 Å². The minimum Gasteiger partial charge on any atom is -0.493 e. The Balaban J connectivity index is 1.45. The lowest BCUT2D eigenvalue weighted by molar-refractivity contribution is 0.171. The molecule has 0 spiro atoms. The normalized spacial score (nSPS) is 12.4. The molecular weight excluding hydrogens is 446 g/mol. The number of benzene rings is 3. The zero-order chi connectivity index (χ0) is 20.9. The molecule has 0 aliphatic carbocycles. The molecule has 1 heterocycles. The van der Waals surface area contributed by atoms with Crippen molar-refractivity contribution in [3.63, 3.8) is 0 Å². The third-order valence-corrected chi connectivity index (χ3v) is 5.57. The first-order valence-electron chi connectivity index (χ1n) is 9.80. The van der Waals surface area contributed by atoms with Crippen molar-refractivity contribution < 1.29 is 18.9 Å². The number of aryl methyl sites for hydroxylation is 1. The van der Waals surface area contributed by atoms with Gasteiger partial charge in [-0.2, -0.15) is 0 Å². The number of rotatable bonds is 7.